The molecule has 0 saturated carbocycles. The van der Waals surface area contributed by atoms with Gasteiger partial charge in [0.15, 0.2) is 6.61 Å². The third kappa shape index (κ3) is 6.07. The number of benzene rings is 1. The first-order valence-electron chi connectivity index (χ1n) is 9.59. The summed E-state index contributed by atoms with van der Waals surface area (Å²) in [6.07, 6.45) is 5.36. The molecule has 2 N–H and O–H groups in total. The number of unbranched alkanes of at least 4 members (excludes halogenated alkanes) is 3. The van der Waals surface area contributed by atoms with E-state index in [0.717, 1.165) is 30.4 Å². The van der Waals surface area contributed by atoms with Crippen LogP contribution in [0.15, 0.2) is 33.9 Å². The fourth-order valence-corrected chi connectivity index (χ4v) is 2.94. The second-order valence-electron chi connectivity index (χ2n) is 6.86. The van der Waals surface area contributed by atoms with E-state index in [2.05, 4.69) is 17.3 Å². The van der Waals surface area contributed by atoms with E-state index in [1.54, 1.807) is 12.1 Å². The van der Waals surface area contributed by atoms with Crippen molar-refractivity contribution in [1.29, 1.82) is 0 Å². The molecule has 0 fully saturated rings. The van der Waals surface area contributed by atoms with Gasteiger partial charge in [-0.05, 0) is 25.5 Å². The third-order valence-corrected chi connectivity index (χ3v) is 4.43. The van der Waals surface area contributed by atoms with Crippen LogP contribution in [0, 0.1) is 0 Å². The topological polar surface area (TPSA) is 110 Å². The largest absolute Gasteiger partial charge is 0.454 e. The average Bonchev–Trinajstić information content (AvgIpc) is 2.68. The van der Waals surface area contributed by atoms with Crippen LogP contribution >= 0.6 is 0 Å². The Labute approximate surface area is 162 Å². The van der Waals surface area contributed by atoms with Crippen LogP contribution in [0.4, 0.5) is 0 Å². The average molecular weight is 389 g/mol. The maximum atomic E-state index is 12.4. The lowest BCUT2D eigenvalue weighted by atomic mass is 10.1. The van der Waals surface area contributed by atoms with Gasteiger partial charge >= 0.3 is 5.97 Å². The molecule has 1 heterocycles. The standard InChI is InChI=1S/C20H27N3O5/c1-3-4-5-6-9-14(2)21-17(24)13-28-18(25)12-23-20(27)16-11-8-7-10-15(16)19(26)22-23/h7-8,10-11,14H,3-6,9,12-13H2,1-2H3,(H,21,24)(H,22,26)/t14-/m1/s1. The first-order chi connectivity index (χ1) is 13.4. The minimum atomic E-state index is -0.779. The molecule has 0 aliphatic heterocycles. The fraction of sp³-hybridized carbons (Fsp3) is 0.500. The first-order valence-corrected chi connectivity index (χ1v) is 9.59. The number of hydrogen-bond acceptors (Lipinski definition) is 5. The predicted octanol–water partition coefficient (Wildman–Crippen LogP) is 1.71. The molecule has 0 radical (unpaired) electrons. The van der Waals surface area contributed by atoms with Crippen molar-refractivity contribution in [3.8, 4) is 0 Å². The van der Waals surface area contributed by atoms with Gasteiger partial charge < -0.3 is 10.1 Å². The SMILES string of the molecule is CCCCCC[C@@H](C)NC(=O)COC(=O)Cn1[nH]c(=O)c2ccccc2c1=O. The van der Waals surface area contributed by atoms with Crippen molar-refractivity contribution in [2.24, 2.45) is 0 Å². The number of rotatable bonds is 10. The Hall–Kier alpha value is -2.90. The monoisotopic (exact) mass is 389 g/mol. The maximum absolute atomic E-state index is 12.4. The molecule has 8 nitrogen and oxygen atoms in total. The summed E-state index contributed by atoms with van der Waals surface area (Å²) in [5.74, 6) is -1.17. The molecular formula is C20H27N3O5. The summed E-state index contributed by atoms with van der Waals surface area (Å²) in [7, 11) is 0. The number of aromatic nitrogens is 2. The fourth-order valence-electron chi connectivity index (χ4n) is 2.94. The van der Waals surface area contributed by atoms with Crippen molar-refractivity contribution in [2.45, 2.75) is 58.5 Å². The number of carbonyl (C=O) groups is 2. The molecule has 1 atom stereocenters. The van der Waals surface area contributed by atoms with Crippen molar-refractivity contribution >= 4 is 22.6 Å². The maximum Gasteiger partial charge on any atom is 0.328 e. The van der Waals surface area contributed by atoms with E-state index in [9.17, 15) is 19.2 Å². The van der Waals surface area contributed by atoms with Gasteiger partial charge in [-0.15, -0.1) is 0 Å². The second-order valence-corrected chi connectivity index (χ2v) is 6.86. The van der Waals surface area contributed by atoms with Crippen molar-refractivity contribution in [3.63, 3.8) is 0 Å². The van der Waals surface area contributed by atoms with E-state index in [1.165, 1.54) is 18.6 Å². The van der Waals surface area contributed by atoms with Crippen LogP contribution in [0.2, 0.25) is 0 Å². The normalized spacial score (nSPS) is 11.9. The number of H-pyrrole nitrogens is 1. The summed E-state index contributed by atoms with van der Waals surface area (Å²) in [6.45, 7) is 3.15. The Kier molecular flexibility index (Phi) is 7.98. The van der Waals surface area contributed by atoms with E-state index < -0.39 is 36.1 Å². The molecule has 0 aliphatic rings. The van der Waals surface area contributed by atoms with Crippen molar-refractivity contribution in [2.75, 3.05) is 6.61 Å². The van der Waals surface area contributed by atoms with Gasteiger partial charge in [-0.3, -0.25) is 24.3 Å². The number of ether oxygens (including phenoxy) is 1. The molecular weight excluding hydrogens is 362 g/mol. The molecule has 1 amide bonds. The molecule has 2 rings (SSSR count). The number of hydrogen-bond donors (Lipinski definition) is 2. The first kappa shape index (κ1) is 21.4. The zero-order valence-electron chi connectivity index (χ0n) is 16.3. The van der Waals surface area contributed by atoms with Gasteiger partial charge in [-0.2, -0.15) is 0 Å². The summed E-state index contributed by atoms with van der Waals surface area (Å²) in [4.78, 5) is 48.2. The van der Waals surface area contributed by atoms with E-state index in [-0.39, 0.29) is 16.8 Å². The van der Waals surface area contributed by atoms with Crippen LogP contribution in [0.25, 0.3) is 10.8 Å². The number of aromatic amines is 1. The summed E-state index contributed by atoms with van der Waals surface area (Å²) in [5.41, 5.74) is -0.977. The highest BCUT2D eigenvalue weighted by atomic mass is 16.5. The highest BCUT2D eigenvalue weighted by Crippen LogP contribution is 2.05. The van der Waals surface area contributed by atoms with Gasteiger partial charge in [-0.1, -0.05) is 44.7 Å². The molecule has 1 aromatic carbocycles. The molecule has 152 valence electrons. The number of nitrogens with zero attached hydrogens (tertiary/aromatic N) is 1. The van der Waals surface area contributed by atoms with Crippen molar-refractivity contribution < 1.29 is 14.3 Å². The van der Waals surface area contributed by atoms with Gasteiger partial charge in [0.05, 0.1) is 10.8 Å². The van der Waals surface area contributed by atoms with Crippen LogP contribution in [0.3, 0.4) is 0 Å². The van der Waals surface area contributed by atoms with Crippen molar-refractivity contribution in [3.05, 3.63) is 45.0 Å². The molecule has 0 saturated heterocycles. The molecule has 0 bridgehead atoms. The summed E-state index contributed by atoms with van der Waals surface area (Å²) in [5, 5.41) is 5.60. The van der Waals surface area contributed by atoms with E-state index >= 15 is 0 Å². The zero-order valence-corrected chi connectivity index (χ0v) is 16.3. The Morgan fingerprint density at radius 2 is 1.86 bits per heavy atom. The Balaban J connectivity index is 1.85. The van der Waals surface area contributed by atoms with E-state index in [1.807, 2.05) is 6.92 Å². The Morgan fingerprint density at radius 3 is 2.57 bits per heavy atom. The summed E-state index contributed by atoms with van der Waals surface area (Å²) < 4.78 is 5.82. The zero-order chi connectivity index (χ0) is 20.5. The van der Waals surface area contributed by atoms with Gasteiger partial charge in [-0.25, -0.2) is 4.68 Å². The Bertz CT molecular complexity index is 931. The number of esters is 1. The Morgan fingerprint density at radius 1 is 1.14 bits per heavy atom. The lowest BCUT2D eigenvalue weighted by Crippen LogP contribution is -2.37. The summed E-state index contributed by atoms with van der Waals surface area (Å²) in [6, 6.07) is 6.34. The van der Waals surface area contributed by atoms with Crippen molar-refractivity contribution in [1.82, 2.24) is 15.1 Å². The number of carbonyl (C=O) groups excluding carboxylic acids is 2. The smallest absolute Gasteiger partial charge is 0.328 e. The van der Waals surface area contributed by atoms with Crippen LogP contribution in [-0.4, -0.2) is 34.3 Å². The predicted molar refractivity (Wildman–Crippen MR) is 106 cm³/mol. The quantitative estimate of drug-likeness (QED) is 0.475. The molecule has 28 heavy (non-hydrogen) atoms. The highest BCUT2D eigenvalue weighted by molar-refractivity contribution is 5.81. The van der Waals surface area contributed by atoms with Crippen LogP contribution in [0.5, 0.6) is 0 Å². The molecule has 0 aliphatic carbocycles. The van der Waals surface area contributed by atoms with E-state index in [0.29, 0.717) is 0 Å². The lowest BCUT2D eigenvalue weighted by molar-refractivity contribution is -0.149. The van der Waals surface area contributed by atoms with Gasteiger partial charge in [0.25, 0.3) is 17.0 Å². The van der Waals surface area contributed by atoms with Crippen LogP contribution in [0.1, 0.15) is 46.0 Å². The van der Waals surface area contributed by atoms with Gasteiger partial charge in [0, 0.05) is 6.04 Å². The number of nitrogens with one attached hydrogen (secondary N) is 2. The third-order valence-electron chi connectivity index (χ3n) is 4.43. The van der Waals surface area contributed by atoms with Gasteiger partial charge in [0.1, 0.15) is 6.54 Å². The van der Waals surface area contributed by atoms with Crippen LogP contribution in [-0.2, 0) is 20.9 Å². The molecule has 0 unspecified atom stereocenters. The highest BCUT2D eigenvalue weighted by Gasteiger charge is 2.13. The number of amides is 1. The van der Waals surface area contributed by atoms with E-state index in [4.69, 9.17) is 4.74 Å². The van der Waals surface area contributed by atoms with Crippen LogP contribution < -0.4 is 16.4 Å². The summed E-state index contributed by atoms with van der Waals surface area (Å²) >= 11 is 0. The number of fused-ring (bicyclic) bond motifs is 1. The van der Waals surface area contributed by atoms with Gasteiger partial charge in [0.2, 0.25) is 0 Å². The lowest BCUT2D eigenvalue weighted by Gasteiger charge is -2.14. The molecule has 0 spiro atoms. The second kappa shape index (κ2) is 10.4. The minimum absolute atomic E-state index is 0.00233. The minimum Gasteiger partial charge on any atom is -0.454 e. The molecule has 8 heteroatoms. The molecule has 2 aromatic rings. The molecule has 1 aromatic heterocycles.